The van der Waals surface area contributed by atoms with Crippen molar-refractivity contribution in [2.24, 2.45) is 5.41 Å². The highest BCUT2D eigenvalue weighted by molar-refractivity contribution is 6.32. The molecule has 4 rings (SSSR count). The Kier molecular flexibility index (Phi) is 4.76. The largest absolute Gasteiger partial charge is 0.495 e. The van der Waals surface area contributed by atoms with Crippen LogP contribution in [0.3, 0.4) is 0 Å². The van der Waals surface area contributed by atoms with E-state index in [1.165, 1.54) is 0 Å². The summed E-state index contributed by atoms with van der Waals surface area (Å²) in [5.41, 5.74) is 4.57. The summed E-state index contributed by atoms with van der Waals surface area (Å²) in [5, 5.41) is 1.21. The van der Waals surface area contributed by atoms with E-state index in [2.05, 4.69) is 18.4 Å². The standard InChI is InChI=1S/C23H21Cl2NO2/c1-23(2)12-20-17(21(27)13-23)11-19(14-4-6-15(24)7-5-14)26(20)16-8-9-22(28-3)18(25)10-16/h4-11H,12-13H2,1-3H3. The number of benzene rings is 2. The van der Waals surface area contributed by atoms with Crippen LogP contribution in [-0.4, -0.2) is 17.5 Å². The van der Waals surface area contributed by atoms with Crippen LogP contribution in [-0.2, 0) is 6.42 Å². The monoisotopic (exact) mass is 413 g/mol. The van der Waals surface area contributed by atoms with Crippen LogP contribution < -0.4 is 4.74 Å². The van der Waals surface area contributed by atoms with E-state index in [0.29, 0.717) is 22.2 Å². The Bertz CT molecular complexity index is 1060. The zero-order chi connectivity index (χ0) is 20.1. The molecule has 3 nitrogen and oxygen atoms in total. The summed E-state index contributed by atoms with van der Waals surface area (Å²) in [4.78, 5) is 12.9. The Morgan fingerprint density at radius 2 is 1.71 bits per heavy atom. The lowest BCUT2D eigenvalue weighted by Crippen LogP contribution is -2.27. The van der Waals surface area contributed by atoms with Crippen molar-refractivity contribution in [2.45, 2.75) is 26.7 Å². The quantitative estimate of drug-likeness (QED) is 0.483. The van der Waals surface area contributed by atoms with Crippen LogP contribution in [0, 0.1) is 5.41 Å². The lowest BCUT2D eigenvalue weighted by atomic mass is 9.76. The molecule has 0 atom stereocenters. The highest BCUT2D eigenvalue weighted by Crippen LogP contribution is 2.41. The Morgan fingerprint density at radius 1 is 1.00 bits per heavy atom. The molecule has 2 aromatic carbocycles. The highest BCUT2D eigenvalue weighted by Gasteiger charge is 2.35. The summed E-state index contributed by atoms with van der Waals surface area (Å²) in [6.45, 7) is 4.27. The molecule has 0 N–H and O–H groups in total. The number of carbonyl (C=O) groups excluding carboxylic acids is 1. The van der Waals surface area contributed by atoms with Crippen molar-refractivity contribution >= 4 is 29.0 Å². The molecule has 1 aliphatic carbocycles. The van der Waals surface area contributed by atoms with Crippen LogP contribution in [0.2, 0.25) is 10.0 Å². The van der Waals surface area contributed by atoms with Gasteiger partial charge in [0.25, 0.3) is 0 Å². The van der Waals surface area contributed by atoms with Gasteiger partial charge in [-0.05, 0) is 53.8 Å². The second-order valence-corrected chi connectivity index (χ2v) is 8.84. The van der Waals surface area contributed by atoms with Gasteiger partial charge >= 0.3 is 0 Å². The third kappa shape index (κ3) is 3.34. The number of rotatable bonds is 3. The zero-order valence-corrected chi connectivity index (χ0v) is 17.6. The van der Waals surface area contributed by atoms with E-state index in [0.717, 1.165) is 34.6 Å². The fraction of sp³-hybridized carbons (Fsp3) is 0.261. The van der Waals surface area contributed by atoms with E-state index < -0.39 is 0 Å². The smallest absolute Gasteiger partial charge is 0.165 e. The van der Waals surface area contributed by atoms with Crippen LogP contribution >= 0.6 is 23.2 Å². The molecule has 0 aliphatic heterocycles. The van der Waals surface area contributed by atoms with E-state index in [9.17, 15) is 4.79 Å². The number of Topliss-reactive ketones (excluding diaryl/α,β-unsaturated/α-hetero) is 1. The van der Waals surface area contributed by atoms with Crippen LogP contribution in [0.25, 0.3) is 16.9 Å². The molecule has 0 saturated carbocycles. The molecule has 0 saturated heterocycles. The Labute approximate surface area is 174 Å². The maximum Gasteiger partial charge on any atom is 0.165 e. The first kappa shape index (κ1) is 19.1. The number of methoxy groups -OCH3 is 1. The van der Waals surface area contributed by atoms with Gasteiger partial charge in [0.1, 0.15) is 5.75 Å². The predicted octanol–water partition coefficient (Wildman–Crippen LogP) is 6.61. The summed E-state index contributed by atoms with van der Waals surface area (Å²) in [7, 11) is 1.60. The number of hydrogen-bond donors (Lipinski definition) is 0. The molecule has 1 heterocycles. The topological polar surface area (TPSA) is 31.2 Å². The van der Waals surface area contributed by atoms with Crippen molar-refractivity contribution in [3.63, 3.8) is 0 Å². The molecule has 28 heavy (non-hydrogen) atoms. The van der Waals surface area contributed by atoms with Gasteiger partial charge in [0.2, 0.25) is 0 Å². The van der Waals surface area contributed by atoms with Crippen LogP contribution in [0.1, 0.15) is 36.3 Å². The molecule has 0 spiro atoms. The van der Waals surface area contributed by atoms with Gasteiger partial charge in [0, 0.05) is 28.4 Å². The molecule has 0 amide bonds. The summed E-state index contributed by atoms with van der Waals surface area (Å²) in [5.74, 6) is 0.802. The zero-order valence-electron chi connectivity index (χ0n) is 16.1. The third-order valence-electron chi connectivity index (χ3n) is 5.22. The number of ketones is 1. The molecule has 144 valence electrons. The summed E-state index contributed by atoms with van der Waals surface area (Å²) >= 11 is 12.5. The fourth-order valence-corrected chi connectivity index (χ4v) is 4.31. The number of aromatic nitrogens is 1. The molecular weight excluding hydrogens is 393 g/mol. The van der Waals surface area contributed by atoms with E-state index >= 15 is 0 Å². The Morgan fingerprint density at radius 3 is 2.36 bits per heavy atom. The van der Waals surface area contributed by atoms with Crippen LogP contribution in [0.5, 0.6) is 5.75 Å². The van der Waals surface area contributed by atoms with Gasteiger partial charge in [-0.15, -0.1) is 0 Å². The fourth-order valence-electron chi connectivity index (χ4n) is 3.93. The molecule has 1 aliphatic rings. The molecule has 0 radical (unpaired) electrons. The van der Waals surface area contributed by atoms with Crippen molar-refractivity contribution in [3.05, 3.63) is 69.8 Å². The van der Waals surface area contributed by atoms with E-state index in [4.69, 9.17) is 27.9 Å². The highest BCUT2D eigenvalue weighted by atomic mass is 35.5. The first-order valence-corrected chi connectivity index (χ1v) is 9.92. The first-order chi connectivity index (χ1) is 13.3. The molecule has 0 fully saturated rings. The average molecular weight is 414 g/mol. The number of nitrogens with zero attached hydrogens (tertiary/aromatic N) is 1. The minimum absolute atomic E-state index is 0.0896. The van der Waals surface area contributed by atoms with E-state index in [-0.39, 0.29) is 11.2 Å². The van der Waals surface area contributed by atoms with Gasteiger partial charge in [-0.25, -0.2) is 0 Å². The molecule has 1 aromatic heterocycles. The molecule has 3 aromatic rings. The number of fused-ring (bicyclic) bond motifs is 1. The summed E-state index contributed by atoms with van der Waals surface area (Å²) < 4.78 is 7.44. The maximum atomic E-state index is 12.9. The van der Waals surface area contributed by atoms with Crippen LogP contribution in [0.15, 0.2) is 48.5 Å². The SMILES string of the molecule is COc1ccc(-n2c(-c3ccc(Cl)cc3)cc3c2CC(C)(C)CC3=O)cc1Cl. The predicted molar refractivity (Wildman–Crippen MR) is 114 cm³/mol. The van der Waals surface area contributed by atoms with Crippen molar-refractivity contribution in [3.8, 4) is 22.7 Å². The minimum Gasteiger partial charge on any atom is -0.495 e. The Hall–Kier alpha value is -2.23. The van der Waals surface area contributed by atoms with Gasteiger partial charge in [-0.1, -0.05) is 49.2 Å². The second-order valence-electron chi connectivity index (χ2n) is 7.99. The Balaban J connectivity index is 1.98. The van der Waals surface area contributed by atoms with Gasteiger partial charge in [0.05, 0.1) is 17.8 Å². The second kappa shape index (κ2) is 6.98. The normalized spacial score (nSPS) is 15.4. The van der Waals surface area contributed by atoms with Crippen molar-refractivity contribution in [2.75, 3.05) is 7.11 Å². The van der Waals surface area contributed by atoms with Gasteiger partial charge in [0.15, 0.2) is 5.78 Å². The minimum atomic E-state index is -0.0896. The lowest BCUT2D eigenvalue weighted by molar-refractivity contribution is 0.0911. The lowest BCUT2D eigenvalue weighted by Gasteiger charge is -2.30. The van der Waals surface area contributed by atoms with Crippen LogP contribution in [0.4, 0.5) is 0 Å². The summed E-state index contributed by atoms with van der Waals surface area (Å²) in [6.07, 6.45) is 1.36. The van der Waals surface area contributed by atoms with E-state index in [1.54, 1.807) is 7.11 Å². The number of ether oxygens (including phenoxy) is 1. The average Bonchev–Trinajstić information content (AvgIpc) is 3.00. The third-order valence-corrected chi connectivity index (χ3v) is 5.77. The summed E-state index contributed by atoms with van der Waals surface area (Å²) in [6, 6.07) is 15.4. The molecule has 0 unspecified atom stereocenters. The number of hydrogen-bond acceptors (Lipinski definition) is 2. The van der Waals surface area contributed by atoms with Crippen molar-refractivity contribution in [1.29, 1.82) is 0 Å². The number of halogens is 2. The number of carbonyl (C=O) groups is 1. The van der Waals surface area contributed by atoms with Gasteiger partial charge in [-0.2, -0.15) is 0 Å². The molecule has 0 bridgehead atoms. The van der Waals surface area contributed by atoms with Gasteiger partial charge in [-0.3, -0.25) is 4.79 Å². The van der Waals surface area contributed by atoms with E-state index in [1.807, 2.05) is 48.5 Å². The first-order valence-electron chi connectivity index (χ1n) is 9.17. The van der Waals surface area contributed by atoms with Crippen molar-refractivity contribution < 1.29 is 9.53 Å². The maximum absolute atomic E-state index is 12.9. The van der Waals surface area contributed by atoms with Gasteiger partial charge < -0.3 is 9.30 Å². The van der Waals surface area contributed by atoms with Crippen molar-refractivity contribution in [1.82, 2.24) is 4.57 Å². The molecule has 5 heteroatoms. The molecular formula is C23H21Cl2NO2.